The maximum atomic E-state index is 12.2. The molecule has 0 unspecified atom stereocenters. The van der Waals surface area contributed by atoms with E-state index in [1.165, 1.54) is 0 Å². The largest absolute Gasteiger partial charge is 0.398 e. The fourth-order valence-corrected chi connectivity index (χ4v) is 1.80. The van der Waals surface area contributed by atoms with Gasteiger partial charge in [0, 0.05) is 16.9 Å². The average Bonchev–Trinajstić information content (AvgIpc) is 2.35. The number of hydrogen-bond donors (Lipinski definition) is 2. The van der Waals surface area contributed by atoms with Crippen LogP contribution in [0.3, 0.4) is 0 Å². The second kappa shape index (κ2) is 4.92. The van der Waals surface area contributed by atoms with Crippen molar-refractivity contribution < 1.29 is 4.79 Å². The first kappa shape index (κ1) is 12.2. The molecule has 18 heavy (non-hydrogen) atoms. The van der Waals surface area contributed by atoms with Crippen molar-refractivity contribution in [2.24, 2.45) is 0 Å². The van der Waals surface area contributed by atoms with E-state index in [1.54, 1.807) is 18.2 Å². The van der Waals surface area contributed by atoms with E-state index >= 15 is 0 Å². The van der Waals surface area contributed by atoms with Crippen LogP contribution in [0.15, 0.2) is 42.5 Å². The molecule has 1 amide bonds. The fourth-order valence-electron chi connectivity index (χ4n) is 1.80. The second-order valence-corrected chi connectivity index (χ2v) is 4.29. The Morgan fingerprint density at radius 1 is 1.06 bits per heavy atom. The Hall–Kier alpha value is -2.29. The summed E-state index contributed by atoms with van der Waals surface area (Å²) in [7, 11) is 0. The Balaban J connectivity index is 2.28. The van der Waals surface area contributed by atoms with Gasteiger partial charge in [0.25, 0.3) is 5.91 Å². The Morgan fingerprint density at radius 3 is 2.50 bits per heavy atom. The number of carbonyl (C=O) groups excluding carboxylic acids is 1. The van der Waals surface area contributed by atoms with Crippen LogP contribution < -0.4 is 11.1 Å². The van der Waals surface area contributed by atoms with Gasteiger partial charge in [0.2, 0.25) is 0 Å². The van der Waals surface area contributed by atoms with Crippen LogP contribution in [-0.4, -0.2) is 5.91 Å². The highest BCUT2D eigenvalue weighted by Crippen LogP contribution is 2.19. The molecule has 0 fully saturated rings. The normalized spacial score (nSPS) is 10.1. The molecule has 0 aromatic heterocycles. The van der Waals surface area contributed by atoms with Crippen molar-refractivity contribution in [2.45, 2.75) is 13.8 Å². The van der Waals surface area contributed by atoms with Gasteiger partial charge in [-0.15, -0.1) is 0 Å². The number of anilines is 2. The fraction of sp³-hybridized carbons (Fsp3) is 0.133. The Morgan fingerprint density at radius 2 is 1.78 bits per heavy atom. The molecule has 0 spiro atoms. The van der Waals surface area contributed by atoms with Gasteiger partial charge in [-0.3, -0.25) is 4.79 Å². The van der Waals surface area contributed by atoms with Gasteiger partial charge in [0.1, 0.15) is 0 Å². The van der Waals surface area contributed by atoms with Gasteiger partial charge in [-0.1, -0.05) is 24.3 Å². The van der Waals surface area contributed by atoms with Crippen molar-refractivity contribution in [3.8, 4) is 0 Å². The lowest BCUT2D eigenvalue weighted by Crippen LogP contribution is -2.14. The van der Waals surface area contributed by atoms with Crippen molar-refractivity contribution in [2.75, 3.05) is 11.1 Å². The molecule has 0 bridgehead atoms. The van der Waals surface area contributed by atoms with Crippen LogP contribution in [0, 0.1) is 13.8 Å². The summed E-state index contributed by atoms with van der Waals surface area (Å²) in [5, 5.41) is 2.90. The zero-order valence-corrected chi connectivity index (χ0v) is 10.5. The zero-order chi connectivity index (χ0) is 13.1. The number of nitrogens with two attached hydrogens (primary N) is 1. The summed E-state index contributed by atoms with van der Waals surface area (Å²) in [6.07, 6.45) is 0. The van der Waals surface area contributed by atoms with E-state index in [-0.39, 0.29) is 5.91 Å². The van der Waals surface area contributed by atoms with Crippen molar-refractivity contribution in [3.63, 3.8) is 0 Å². The van der Waals surface area contributed by atoms with Crippen molar-refractivity contribution in [1.82, 2.24) is 0 Å². The van der Waals surface area contributed by atoms with Gasteiger partial charge in [-0.05, 0) is 43.2 Å². The van der Waals surface area contributed by atoms with Crippen LogP contribution >= 0.6 is 0 Å². The maximum absolute atomic E-state index is 12.2. The van der Waals surface area contributed by atoms with E-state index in [9.17, 15) is 4.79 Å². The molecule has 0 saturated carbocycles. The monoisotopic (exact) mass is 240 g/mol. The third-order valence-electron chi connectivity index (χ3n) is 3.01. The second-order valence-electron chi connectivity index (χ2n) is 4.29. The first-order chi connectivity index (χ1) is 8.59. The molecule has 0 atom stereocenters. The van der Waals surface area contributed by atoms with E-state index in [0.717, 1.165) is 16.8 Å². The summed E-state index contributed by atoms with van der Waals surface area (Å²) < 4.78 is 0. The molecular formula is C15H16N2O. The lowest BCUT2D eigenvalue weighted by Gasteiger charge is -2.10. The van der Waals surface area contributed by atoms with E-state index in [2.05, 4.69) is 5.32 Å². The minimum atomic E-state index is -0.130. The third kappa shape index (κ3) is 2.35. The average molecular weight is 240 g/mol. The van der Waals surface area contributed by atoms with Crippen LogP contribution in [0.5, 0.6) is 0 Å². The highest BCUT2D eigenvalue weighted by Gasteiger charge is 2.11. The molecule has 2 aromatic carbocycles. The molecule has 3 N–H and O–H groups in total. The van der Waals surface area contributed by atoms with Gasteiger partial charge in [0.05, 0.1) is 0 Å². The molecule has 3 nitrogen and oxygen atoms in total. The molecule has 0 aliphatic heterocycles. The summed E-state index contributed by atoms with van der Waals surface area (Å²) in [6, 6.07) is 13.0. The number of nitrogen functional groups attached to an aromatic ring is 1. The molecule has 92 valence electrons. The SMILES string of the molecule is Cc1ccccc1NC(=O)c1cccc(N)c1C. The van der Waals surface area contributed by atoms with Gasteiger partial charge >= 0.3 is 0 Å². The Kier molecular flexibility index (Phi) is 3.33. The number of benzene rings is 2. The van der Waals surface area contributed by atoms with Crippen LogP contribution in [0.25, 0.3) is 0 Å². The highest BCUT2D eigenvalue weighted by molar-refractivity contribution is 6.06. The minimum Gasteiger partial charge on any atom is -0.398 e. The van der Waals surface area contributed by atoms with Gasteiger partial charge in [0.15, 0.2) is 0 Å². The number of amides is 1. The smallest absolute Gasteiger partial charge is 0.256 e. The van der Waals surface area contributed by atoms with E-state index in [4.69, 9.17) is 5.73 Å². The molecule has 0 saturated heterocycles. The quantitative estimate of drug-likeness (QED) is 0.792. The number of nitrogens with one attached hydrogen (secondary N) is 1. The van der Waals surface area contributed by atoms with Crippen LogP contribution in [0.4, 0.5) is 11.4 Å². The number of para-hydroxylation sites is 1. The summed E-state index contributed by atoms with van der Waals surface area (Å²) in [5.41, 5.74) is 9.71. The van der Waals surface area contributed by atoms with Crippen LogP contribution in [0.1, 0.15) is 21.5 Å². The molecule has 0 heterocycles. The number of carbonyl (C=O) groups is 1. The van der Waals surface area contributed by atoms with Crippen LogP contribution in [0.2, 0.25) is 0 Å². The topological polar surface area (TPSA) is 55.1 Å². The Bertz CT molecular complexity index is 591. The molecule has 3 heteroatoms. The molecule has 0 aliphatic rings. The summed E-state index contributed by atoms with van der Waals surface area (Å²) >= 11 is 0. The minimum absolute atomic E-state index is 0.130. The molecule has 2 rings (SSSR count). The predicted molar refractivity (Wildman–Crippen MR) is 74.7 cm³/mol. The molecular weight excluding hydrogens is 224 g/mol. The lowest BCUT2D eigenvalue weighted by molar-refractivity contribution is 0.102. The molecule has 0 aliphatic carbocycles. The van der Waals surface area contributed by atoms with Gasteiger partial charge in [-0.2, -0.15) is 0 Å². The van der Waals surface area contributed by atoms with Crippen molar-refractivity contribution >= 4 is 17.3 Å². The zero-order valence-electron chi connectivity index (χ0n) is 10.5. The lowest BCUT2D eigenvalue weighted by atomic mass is 10.1. The van der Waals surface area contributed by atoms with Crippen LogP contribution in [-0.2, 0) is 0 Å². The predicted octanol–water partition coefficient (Wildman–Crippen LogP) is 3.14. The highest BCUT2D eigenvalue weighted by atomic mass is 16.1. The maximum Gasteiger partial charge on any atom is 0.256 e. The first-order valence-electron chi connectivity index (χ1n) is 5.81. The first-order valence-corrected chi connectivity index (χ1v) is 5.81. The Labute approximate surface area is 107 Å². The molecule has 0 radical (unpaired) electrons. The van der Waals surface area contributed by atoms with Crippen molar-refractivity contribution in [1.29, 1.82) is 0 Å². The summed E-state index contributed by atoms with van der Waals surface area (Å²) in [5.74, 6) is -0.130. The summed E-state index contributed by atoms with van der Waals surface area (Å²) in [6.45, 7) is 3.81. The summed E-state index contributed by atoms with van der Waals surface area (Å²) in [4.78, 5) is 12.2. The molecule has 2 aromatic rings. The van der Waals surface area contributed by atoms with Gasteiger partial charge in [-0.25, -0.2) is 0 Å². The van der Waals surface area contributed by atoms with Crippen molar-refractivity contribution in [3.05, 3.63) is 59.2 Å². The number of aryl methyl sites for hydroxylation is 1. The van der Waals surface area contributed by atoms with E-state index in [0.29, 0.717) is 11.3 Å². The number of rotatable bonds is 2. The third-order valence-corrected chi connectivity index (χ3v) is 3.01. The van der Waals surface area contributed by atoms with E-state index < -0.39 is 0 Å². The standard InChI is InChI=1S/C15H16N2O/c1-10-6-3-4-9-14(10)17-15(18)12-7-5-8-13(16)11(12)2/h3-9H,16H2,1-2H3,(H,17,18). The number of hydrogen-bond acceptors (Lipinski definition) is 2. The van der Waals surface area contributed by atoms with Gasteiger partial charge < -0.3 is 11.1 Å². The van der Waals surface area contributed by atoms with E-state index in [1.807, 2.05) is 38.1 Å².